The molecule has 3 aromatic rings. The fourth-order valence-electron chi connectivity index (χ4n) is 12.6. The van der Waals surface area contributed by atoms with E-state index in [0.29, 0.717) is 30.4 Å². The molecule has 2 aromatic carbocycles. The van der Waals surface area contributed by atoms with Gasteiger partial charge in [0, 0.05) is 77.7 Å². The third kappa shape index (κ3) is 17.6. The number of ether oxygens (including phenoxy) is 1. The first kappa shape index (κ1) is 71.7. The summed E-state index contributed by atoms with van der Waals surface area (Å²) in [6.45, 7) is 25.0. The van der Waals surface area contributed by atoms with Crippen molar-refractivity contribution in [2.45, 2.75) is 208 Å². The van der Waals surface area contributed by atoms with Crippen LogP contribution in [0.3, 0.4) is 0 Å². The van der Waals surface area contributed by atoms with Crippen LogP contribution in [0.2, 0.25) is 0 Å². The Morgan fingerprint density at radius 1 is 0.636 bits per heavy atom. The summed E-state index contributed by atoms with van der Waals surface area (Å²) in [5, 5.41) is 17.8. The van der Waals surface area contributed by atoms with Gasteiger partial charge < -0.3 is 45.0 Å². The highest BCUT2D eigenvalue weighted by Crippen LogP contribution is 2.31. The molecule has 19 heteroatoms. The lowest BCUT2D eigenvalue weighted by Crippen LogP contribution is -2.61. The van der Waals surface area contributed by atoms with Crippen LogP contribution in [0, 0.1) is 35.5 Å². The number of amides is 7. The Balaban J connectivity index is 1.74. The van der Waals surface area contributed by atoms with Gasteiger partial charge in [0.1, 0.15) is 30.2 Å². The van der Waals surface area contributed by atoms with Crippen LogP contribution >= 0.6 is 0 Å². The number of pyridine rings is 1. The molecule has 19 nitrogen and oxygen atoms in total. The average molecular weight is 1220 g/mol. The zero-order chi connectivity index (χ0) is 65.8. The van der Waals surface area contributed by atoms with E-state index in [2.05, 4.69) is 29.5 Å². The summed E-state index contributed by atoms with van der Waals surface area (Å²) in [6, 6.07) is 11.9. The SMILES string of the molecule is CC[C@H](C)[C@@H]1NC(=O)[C@@H]2CCCN2C(=O)[C@H](Cc2cccc(-c3ccnc(C(C)C)c3)c2)N(C)C(=O)[C@H](Cc2ccccc2)NC(=O)[C@H](C(C)C)N(C)C(=O)[C@@H]([C@@H](C)CC)OC(=O)[C@H](C(C)(C)O)N(C)C(=O)[C@H](CC(C)C)CC(=O)[C@H](C(C)C)N(C)C1=O. The molecule has 0 spiro atoms. The number of nitrogens with one attached hydrogen (secondary N) is 2. The fourth-order valence-corrected chi connectivity index (χ4v) is 12.6. The van der Waals surface area contributed by atoms with Crippen molar-refractivity contribution in [1.29, 1.82) is 0 Å². The van der Waals surface area contributed by atoms with Crippen molar-refractivity contribution in [3.8, 4) is 11.1 Å². The van der Waals surface area contributed by atoms with E-state index in [4.69, 9.17) is 4.74 Å². The second kappa shape index (κ2) is 31.4. The molecule has 0 unspecified atom stereocenters. The highest BCUT2D eigenvalue weighted by Gasteiger charge is 2.48. The van der Waals surface area contributed by atoms with Gasteiger partial charge in [0.25, 0.3) is 5.91 Å². The van der Waals surface area contributed by atoms with Gasteiger partial charge in [-0.1, -0.05) is 144 Å². The summed E-state index contributed by atoms with van der Waals surface area (Å²) < 4.78 is 6.16. The number of hydrogen-bond acceptors (Lipinski definition) is 12. The van der Waals surface area contributed by atoms with E-state index in [0.717, 1.165) is 21.7 Å². The van der Waals surface area contributed by atoms with Crippen LogP contribution in [-0.2, 0) is 60.7 Å². The smallest absolute Gasteiger partial charge is 0.332 e. The van der Waals surface area contributed by atoms with Crippen LogP contribution in [0.25, 0.3) is 11.1 Å². The minimum Gasteiger partial charge on any atom is -0.450 e. The number of aliphatic hydroxyl groups is 1. The minimum atomic E-state index is -1.96. The molecule has 2 aliphatic rings. The number of rotatable bonds is 15. The Morgan fingerprint density at radius 3 is 1.82 bits per heavy atom. The number of likely N-dealkylation sites (N-methyl/N-ethyl adjacent to an activating group) is 4. The lowest BCUT2D eigenvalue weighted by Gasteiger charge is -2.39. The van der Waals surface area contributed by atoms with Gasteiger partial charge in [-0.25, -0.2) is 4.79 Å². The van der Waals surface area contributed by atoms with Crippen LogP contribution < -0.4 is 10.6 Å². The Kier molecular flexibility index (Phi) is 25.6. The second-order valence-corrected chi connectivity index (χ2v) is 26.8. The largest absolute Gasteiger partial charge is 0.450 e. The lowest BCUT2D eigenvalue weighted by molar-refractivity contribution is -0.178. The lowest BCUT2D eigenvalue weighted by atomic mass is 9.85. The van der Waals surface area contributed by atoms with E-state index in [-0.39, 0.29) is 50.5 Å². The first-order valence-electron chi connectivity index (χ1n) is 31.8. The van der Waals surface area contributed by atoms with E-state index >= 15 is 28.8 Å². The molecule has 1 aromatic heterocycles. The molecule has 0 aliphatic carbocycles. The number of esters is 1. The van der Waals surface area contributed by atoms with Crippen molar-refractivity contribution in [3.05, 3.63) is 89.7 Å². The summed E-state index contributed by atoms with van der Waals surface area (Å²) in [5.41, 5.74) is 2.09. The zero-order valence-corrected chi connectivity index (χ0v) is 55.7. The molecule has 11 atom stereocenters. The fraction of sp³-hybridized carbons (Fsp3) is 0.623. The van der Waals surface area contributed by atoms with Crippen molar-refractivity contribution in [2.24, 2.45) is 35.5 Å². The number of fused-ring (bicyclic) bond motifs is 1. The summed E-state index contributed by atoms with van der Waals surface area (Å²) >= 11 is 0. The second-order valence-electron chi connectivity index (χ2n) is 26.8. The number of cyclic esters (lactones) is 1. The van der Waals surface area contributed by atoms with Crippen LogP contribution in [0.4, 0.5) is 0 Å². The maximum absolute atomic E-state index is 15.8. The average Bonchev–Trinajstić information content (AvgIpc) is 4.24. The third-order valence-corrected chi connectivity index (χ3v) is 17.9. The minimum absolute atomic E-state index is 0.00736. The van der Waals surface area contributed by atoms with E-state index in [1.54, 1.807) is 59.9 Å². The van der Waals surface area contributed by atoms with Gasteiger partial charge in [0.05, 0.1) is 11.6 Å². The van der Waals surface area contributed by atoms with Gasteiger partial charge in [-0.2, -0.15) is 0 Å². The number of aromatic nitrogens is 1. The molecule has 2 aliphatic heterocycles. The number of carbonyl (C=O) groups excluding carboxylic acids is 9. The van der Waals surface area contributed by atoms with E-state index < -0.39 is 137 Å². The molecule has 0 bridgehead atoms. The normalized spacial score (nSPS) is 25.1. The first-order valence-corrected chi connectivity index (χ1v) is 31.8. The molecule has 0 saturated carbocycles. The van der Waals surface area contributed by atoms with Crippen molar-refractivity contribution in [2.75, 3.05) is 34.7 Å². The van der Waals surface area contributed by atoms with Gasteiger partial charge in [0.2, 0.25) is 35.4 Å². The number of hydrogen-bond donors (Lipinski definition) is 3. The Morgan fingerprint density at radius 2 is 1.24 bits per heavy atom. The molecule has 0 radical (unpaired) electrons. The maximum atomic E-state index is 15.8. The predicted octanol–water partition coefficient (Wildman–Crippen LogP) is 7.65. The number of nitrogens with zero attached hydrogens (tertiary/aromatic N) is 6. The number of Topliss-reactive ketones (excluding diaryl/α,β-unsaturated/α-hetero) is 1. The molecule has 3 N–H and O–H groups in total. The van der Waals surface area contributed by atoms with E-state index in [1.165, 1.54) is 61.6 Å². The quantitative estimate of drug-likeness (QED) is 0.125. The van der Waals surface area contributed by atoms with Crippen molar-refractivity contribution in [1.82, 2.24) is 40.1 Å². The molecule has 484 valence electrons. The van der Waals surface area contributed by atoms with Gasteiger partial charge in [0.15, 0.2) is 17.9 Å². The summed E-state index contributed by atoms with van der Waals surface area (Å²) in [4.78, 5) is 147. The Hall–Kier alpha value is -7.02. The van der Waals surface area contributed by atoms with Crippen molar-refractivity contribution < 1.29 is 53.0 Å². The standard InChI is InChI=1S/C69H102N8O11/c1-19-44(11)56-66(84)74(16)57(42(7)8)55(78)39-50(34-40(3)4)63(81)76(18)60(69(13,14)87)68(86)88-59(45(12)20-2)67(85)75(17)58(43(9)10)62(80)71-52(36-46-26-22-21-23-27-46)64(82)73(15)54(65(83)77-33-25-30-53(77)61(79)72-56)37-47-28-24-29-48(35-47)49-31-32-70-51(38-49)41(5)6/h21-24,26-29,31-32,35,38,40-45,50,52-54,56-60,87H,19-20,25,30,33-34,36-37,39H2,1-18H3,(H,71,80)(H,72,79)/t44-,45-,50+,52-,53-,54-,56-,57-,58-,59+,60+/m0/s1. The zero-order valence-electron chi connectivity index (χ0n) is 55.7. The van der Waals surface area contributed by atoms with Gasteiger partial charge in [-0.15, -0.1) is 0 Å². The first-order chi connectivity index (χ1) is 41.2. The number of benzene rings is 2. The monoisotopic (exact) mass is 1220 g/mol. The third-order valence-electron chi connectivity index (χ3n) is 17.9. The molecule has 2 saturated heterocycles. The highest BCUT2D eigenvalue weighted by atomic mass is 16.6. The number of carbonyl (C=O) groups is 9. The Bertz CT molecular complexity index is 2920. The molecule has 7 amide bonds. The van der Waals surface area contributed by atoms with Crippen molar-refractivity contribution >= 4 is 53.1 Å². The molecule has 5 rings (SSSR count). The molecule has 88 heavy (non-hydrogen) atoms. The van der Waals surface area contributed by atoms with Crippen LogP contribution in [0.5, 0.6) is 0 Å². The summed E-state index contributed by atoms with van der Waals surface area (Å²) in [7, 11) is 5.78. The van der Waals surface area contributed by atoms with Crippen LogP contribution in [-0.4, -0.2) is 176 Å². The molecule has 2 fully saturated rings. The number of ketones is 1. The molecular formula is C69H102N8O11. The van der Waals surface area contributed by atoms with Crippen LogP contribution in [0.15, 0.2) is 72.9 Å². The summed E-state index contributed by atoms with van der Waals surface area (Å²) in [5.74, 6) is -9.07. The maximum Gasteiger partial charge on any atom is 0.332 e. The van der Waals surface area contributed by atoms with Gasteiger partial charge in [-0.3, -0.25) is 43.3 Å². The van der Waals surface area contributed by atoms with Gasteiger partial charge in [-0.05, 0) is 104 Å². The molecule has 3 heterocycles. The highest BCUT2D eigenvalue weighted by molar-refractivity contribution is 5.99. The predicted molar refractivity (Wildman–Crippen MR) is 340 cm³/mol. The topological polar surface area (TPSA) is 236 Å². The molecular weight excluding hydrogens is 1120 g/mol. The van der Waals surface area contributed by atoms with E-state index in [1.807, 2.05) is 82.3 Å². The van der Waals surface area contributed by atoms with Gasteiger partial charge >= 0.3 is 5.97 Å². The van der Waals surface area contributed by atoms with E-state index in [9.17, 15) is 19.5 Å². The summed E-state index contributed by atoms with van der Waals surface area (Å²) in [6.07, 6.45) is 1.51. The Labute approximate surface area is 523 Å². The van der Waals surface area contributed by atoms with Crippen LogP contribution in [0.1, 0.15) is 158 Å². The van der Waals surface area contributed by atoms with Crippen molar-refractivity contribution in [3.63, 3.8) is 0 Å².